The maximum Gasteiger partial charge on any atom is 0.320 e. The molecule has 0 saturated heterocycles. The van der Waals surface area contributed by atoms with Crippen LogP contribution in [0.2, 0.25) is 0 Å². The van der Waals surface area contributed by atoms with E-state index in [4.69, 9.17) is 9.84 Å². The van der Waals surface area contributed by atoms with Crippen LogP contribution in [0.5, 0.6) is 5.75 Å². The van der Waals surface area contributed by atoms with Gasteiger partial charge in [-0.15, -0.1) is 0 Å². The number of anilines is 1. The summed E-state index contributed by atoms with van der Waals surface area (Å²) in [6.07, 6.45) is 8.08. The Balaban J connectivity index is 1.45. The lowest BCUT2D eigenvalue weighted by atomic mass is 9.95. The van der Waals surface area contributed by atoms with Crippen LogP contribution in [0.25, 0.3) is 5.69 Å². The molecule has 2 amide bonds. The van der Waals surface area contributed by atoms with Gasteiger partial charge in [0.15, 0.2) is 0 Å². The minimum atomic E-state index is -0.355. The number of carbonyl (C=O) groups is 1. The van der Waals surface area contributed by atoms with E-state index in [0.717, 1.165) is 43.7 Å². The second-order valence-electron chi connectivity index (χ2n) is 12.8. The van der Waals surface area contributed by atoms with E-state index in [1.807, 2.05) is 93.8 Å². The molecular formula is C41H50N6O3S2. The lowest BCUT2D eigenvalue weighted by molar-refractivity contribution is 0.201. The summed E-state index contributed by atoms with van der Waals surface area (Å²) in [5.41, 5.74) is 6.58. The Labute approximate surface area is 316 Å². The largest absolute Gasteiger partial charge is 0.491 e. The Morgan fingerprint density at radius 2 is 1.77 bits per heavy atom. The van der Waals surface area contributed by atoms with Gasteiger partial charge >= 0.3 is 6.03 Å². The number of nitrogens with one attached hydrogen (secondary N) is 2. The molecule has 274 valence electrons. The highest BCUT2D eigenvalue weighted by molar-refractivity contribution is 8.03. The molecule has 3 N–H and O–H groups in total. The zero-order valence-electron chi connectivity index (χ0n) is 31.3. The van der Waals surface area contributed by atoms with Crippen LogP contribution in [0.4, 0.5) is 10.6 Å². The highest BCUT2D eigenvalue weighted by Crippen LogP contribution is 2.35. The lowest BCUT2D eigenvalue weighted by Gasteiger charge is -2.18. The molecule has 3 aromatic carbocycles. The van der Waals surface area contributed by atoms with Gasteiger partial charge in [0.1, 0.15) is 18.2 Å². The molecule has 0 aliphatic heterocycles. The number of nitrogens with zero attached hydrogens (tertiary/aromatic N) is 4. The minimum absolute atomic E-state index is 0.0852. The molecule has 4 rings (SSSR count). The zero-order chi connectivity index (χ0) is 37.7. The first kappa shape index (κ1) is 40.2. The van der Waals surface area contributed by atoms with Crippen LogP contribution in [0.1, 0.15) is 76.8 Å². The average Bonchev–Trinajstić information content (AvgIpc) is 3.58. The molecule has 0 aliphatic rings. The van der Waals surface area contributed by atoms with Gasteiger partial charge in [-0.1, -0.05) is 80.2 Å². The summed E-state index contributed by atoms with van der Waals surface area (Å²) in [6.45, 7) is 14.9. The molecule has 0 atom stereocenters. The van der Waals surface area contributed by atoms with Crippen molar-refractivity contribution in [2.24, 2.45) is 10.2 Å². The van der Waals surface area contributed by atoms with Crippen LogP contribution >= 0.6 is 23.5 Å². The second kappa shape index (κ2) is 19.3. The molecular weight excluding hydrogens is 689 g/mol. The Bertz CT molecular complexity index is 1940. The normalized spacial score (nSPS) is 12.8. The van der Waals surface area contributed by atoms with Crippen molar-refractivity contribution in [2.75, 3.05) is 24.8 Å². The number of allylic oxidation sites excluding steroid dienone is 3. The van der Waals surface area contributed by atoms with Crippen LogP contribution in [0, 0.1) is 0 Å². The number of carbonyl (C=O) groups excluding carboxylic acids is 1. The number of hydrogen-bond acceptors (Lipinski definition) is 8. The number of hydrogen-bond donors (Lipinski definition) is 3. The van der Waals surface area contributed by atoms with E-state index in [1.54, 1.807) is 28.2 Å². The van der Waals surface area contributed by atoms with Crippen molar-refractivity contribution in [1.29, 1.82) is 0 Å². The van der Waals surface area contributed by atoms with Crippen molar-refractivity contribution in [1.82, 2.24) is 15.1 Å². The van der Waals surface area contributed by atoms with E-state index in [0.29, 0.717) is 24.0 Å². The summed E-state index contributed by atoms with van der Waals surface area (Å²) >= 11 is 3.30. The van der Waals surface area contributed by atoms with E-state index in [-0.39, 0.29) is 24.0 Å². The Kier molecular flexibility index (Phi) is 14.9. The number of aliphatic hydroxyl groups is 1. The first-order chi connectivity index (χ1) is 24.9. The fraction of sp³-hybridized carbons (Fsp3) is 0.317. The fourth-order valence-electron chi connectivity index (χ4n) is 5.11. The first-order valence-electron chi connectivity index (χ1n) is 17.3. The van der Waals surface area contributed by atoms with E-state index < -0.39 is 0 Å². The first-order valence-corrected chi connectivity index (χ1v) is 19.3. The second-order valence-corrected chi connectivity index (χ2v) is 15.4. The van der Waals surface area contributed by atoms with E-state index in [2.05, 4.69) is 78.9 Å². The Hall–Kier alpha value is -4.58. The van der Waals surface area contributed by atoms with Crippen LogP contribution in [0.15, 0.2) is 117 Å². The standard InChI is InChI=1S/C41H50N6O3S2/c1-9-34(22-21-29(4)44-45-30(5)36-19-12-11-18-35(36)28(2)3)52-37-20-13-10-15-31(37)27-42-40(49)43-39-26-38(41(6,7)51-8)46-47(39)32-16-14-17-33(25-32)50-24-23-48/h9-22,25-26,28,48H,23-24,27H2,1-8H3,(H2,42,43,49)/b22-21-,34-9+,44-29+,45-30+. The van der Waals surface area contributed by atoms with Crippen LogP contribution < -0.4 is 15.4 Å². The minimum Gasteiger partial charge on any atom is -0.491 e. The number of aromatic nitrogens is 2. The zero-order valence-corrected chi connectivity index (χ0v) is 32.9. The van der Waals surface area contributed by atoms with Crippen molar-refractivity contribution in [3.8, 4) is 11.4 Å². The average molecular weight is 739 g/mol. The third-order valence-corrected chi connectivity index (χ3v) is 10.7. The molecule has 0 saturated carbocycles. The van der Waals surface area contributed by atoms with Gasteiger partial charge in [-0.3, -0.25) is 5.32 Å². The van der Waals surface area contributed by atoms with Gasteiger partial charge in [-0.05, 0) is 88.3 Å². The van der Waals surface area contributed by atoms with Gasteiger partial charge in [0.2, 0.25) is 0 Å². The third kappa shape index (κ3) is 11.2. The molecule has 0 aliphatic carbocycles. The van der Waals surface area contributed by atoms with Crippen molar-refractivity contribution in [3.63, 3.8) is 0 Å². The van der Waals surface area contributed by atoms with Crippen molar-refractivity contribution in [3.05, 3.63) is 124 Å². The topological polar surface area (TPSA) is 113 Å². The number of ether oxygens (including phenoxy) is 1. The smallest absolute Gasteiger partial charge is 0.320 e. The summed E-state index contributed by atoms with van der Waals surface area (Å²) in [7, 11) is 0. The number of rotatable bonds is 16. The molecule has 0 unspecified atom stereocenters. The van der Waals surface area contributed by atoms with Crippen molar-refractivity contribution >= 4 is 46.8 Å². The van der Waals surface area contributed by atoms with E-state index >= 15 is 0 Å². The van der Waals surface area contributed by atoms with Crippen molar-refractivity contribution in [2.45, 2.75) is 70.6 Å². The van der Waals surface area contributed by atoms with Crippen LogP contribution in [0.3, 0.4) is 0 Å². The molecule has 0 spiro atoms. The highest BCUT2D eigenvalue weighted by Gasteiger charge is 2.25. The third-order valence-electron chi connectivity index (χ3n) is 8.24. The molecule has 52 heavy (non-hydrogen) atoms. The predicted molar refractivity (Wildman–Crippen MR) is 220 cm³/mol. The quantitative estimate of drug-likeness (QED) is 0.0457. The number of urea groups is 1. The van der Waals surface area contributed by atoms with E-state index in [1.165, 1.54) is 5.56 Å². The van der Waals surface area contributed by atoms with Gasteiger partial charge < -0.3 is 15.2 Å². The molecule has 1 heterocycles. The Morgan fingerprint density at radius 3 is 2.50 bits per heavy atom. The van der Waals surface area contributed by atoms with Gasteiger partial charge in [-0.2, -0.15) is 27.1 Å². The summed E-state index contributed by atoms with van der Waals surface area (Å²) in [5.74, 6) is 1.52. The van der Waals surface area contributed by atoms with Crippen molar-refractivity contribution < 1.29 is 14.6 Å². The maximum absolute atomic E-state index is 13.4. The summed E-state index contributed by atoms with van der Waals surface area (Å²) in [5, 5.41) is 29.1. The summed E-state index contributed by atoms with van der Waals surface area (Å²) < 4.78 is 7.04. The summed E-state index contributed by atoms with van der Waals surface area (Å²) in [6, 6.07) is 25.3. The molecule has 4 aromatic rings. The van der Waals surface area contributed by atoms with Crippen LogP contribution in [-0.4, -0.2) is 51.8 Å². The number of thioether (sulfide) groups is 2. The molecule has 1 aromatic heterocycles. The molecule has 0 radical (unpaired) electrons. The molecule has 11 heteroatoms. The number of benzene rings is 3. The SMILES string of the molecule is C\C=C(/C=C\C(C)=N\N=C(/C)c1ccccc1C(C)C)Sc1ccccc1CNC(=O)Nc1cc(C(C)(C)SC)nn1-c1cccc(OCCO)c1. The highest BCUT2D eigenvalue weighted by atomic mass is 32.2. The molecule has 0 fully saturated rings. The van der Waals surface area contributed by atoms with Gasteiger partial charge in [0, 0.05) is 34.0 Å². The van der Waals surface area contributed by atoms with Gasteiger partial charge in [0.25, 0.3) is 0 Å². The van der Waals surface area contributed by atoms with E-state index in [9.17, 15) is 9.90 Å². The molecule has 0 bridgehead atoms. The molecule has 9 nitrogen and oxygen atoms in total. The fourth-order valence-corrected chi connectivity index (χ4v) is 6.34. The summed E-state index contributed by atoms with van der Waals surface area (Å²) in [4.78, 5) is 15.4. The number of amides is 2. The number of aliphatic hydroxyl groups excluding tert-OH is 1. The van der Waals surface area contributed by atoms with Gasteiger partial charge in [0.05, 0.1) is 34.2 Å². The Morgan fingerprint density at radius 1 is 1.02 bits per heavy atom. The monoisotopic (exact) mass is 738 g/mol. The lowest BCUT2D eigenvalue weighted by Crippen LogP contribution is -2.29. The van der Waals surface area contributed by atoms with Gasteiger partial charge in [-0.25, -0.2) is 9.48 Å². The maximum atomic E-state index is 13.4. The van der Waals surface area contributed by atoms with Crippen LogP contribution in [-0.2, 0) is 11.3 Å². The predicted octanol–water partition coefficient (Wildman–Crippen LogP) is 9.72.